The average Bonchev–Trinajstić information content (AvgIpc) is 2.67. The van der Waals surface area contributed by atoms with Crippen LogP contribution in [0.3, 0.4) is 0 Å². The molecule has 0 spiro atoms. The number of nitrogens with one attached hydrogen (secondary N) is 1. The number of hydrogen-bond acceptors (Lipinski definition) is 2. The number of hydrogen-bond donors (Lipinski definition) is 1. The molecule has 3 nitrogen and oxygen atoms in total. The summed E-state index contributed by atoms with van der Waals surface area (Å²) in [6.07, 6.45) is 5.71. The highest BCUT2D eigenvalue weighted by molar-refractivity contribution is 6.16. The van der Waals surface area contributed by atoms with Crippen LogP contribution in [0.15, 0.2) is 6.20 Å². The second-order valence-electron chi connectivity index (χ2n) is 3.41. The lowest BCUT2D eigenvalue weighted by Crippen LogP contribution is -2.30. The monoisotopic (exact) mass is 199 g/mol. The van der Waals surface area contributed by atoms with E-state index in [9.17, 15) is 0 Å². The third kappa shape index (κ3) is 1.97. The molecule has 0 bridgehead atoms. The fourth-order valence-electron chi connectivity index (χ4n) is 1.68. The highest BCUT2D eigenvalue weighted by Crippen LogP contribution is 2.16. The fraction of sp³-hybridized carbons (Fsp3) is 0.667. The van der Waals surface area contributed by atoms with E-state index in [2.05, 4.69) is 14.9 Å². The van der Waals surface area contributed by atoms with Crippen LogP contribution < -0.4 is 4.90 Å². The Balaban J connectivity index is 2.05. The van der Waals surface area contributed by atoms with Gasteiger partial charge in [0.2, 0.25) is 5.95 Å². The minimum atomic E-state index is 0.515. The van der Waals surface area contributed by atoms with Gasteiger partial charge in [-0.25, -0.2) is 4.98 Å². The molecule has 1 aliphatic rings. The van der Waals surface area contributed by atoms with Crippen molar-refractivity contribution >= 4 is 17.5 Å². The smallest absolute Gasteiger partial charge is 0.202 e. The number of imidazole rings is 1. The highest BCUT2D eigenvalue weighted by Gasteiger charge is 2.13. The Morgan fingerprint density at radius 1 is 1.38 bits per heavy atom. The maximum atomic E-state index is 5.69. The Morgan fingerprint density at radius 2 is 2.15 bits per heavy atom. The summed E-state index contributed by atoms with van der Waals surface area (Å²) >= 11 is 5.69. The van der Waals surface area contributed by atoms with E-state index in [0.717, 1.165) is 24.7 Å². The third-order valence-electron chi connectivity index (χ3n) is 2.41. The molecule has 1 aliphatic heterocycles. The number of piperidine rings is 1. The van der Waals surface area contributed by atoms with Gasteiger partial charge in [0.05, 0.1) is 17.8 Å². The van der Waals surface area contributed by atoms with Crippen LogP contribution in [0, 0.1) is 0 Å². The lowest BCUT2D eigenvalue weighted by molar-refractivity contribution is 0.570. The van der Waals surface area contributed by atoms with Crippen molar-refractivity contribution in [1.29, 1.82) is 0 Å². The number of nitrogens with zero attached hydrogens (tertiary/aromatic N) is 2. The fourth-order valence-corrected chi connectivity index (χ4v) is 1.82. The Labute approximate surface area is 83.1 Å². The van der Waals surface area contributed by atoms with Crippen LogP contribution in [0.4, 0.5) is 5.95 Å². The van der Waals surface area contributed by atoms with Crippen molar-refractivity contribution in [2.24, 2.45) is 0 Å². The van der Waals surface area contributed by atoms with Gasteiger partial charge < -0.3 is 9.88 Å². The lowest BCUT2D eigenvalue weighted by Gasteiger charge is -2.25. The van der Waals surface area contributed by atoms with Gasteiger partial charge in [-0.2, -0.15) is 0 Å². The van der Waals surface area contributed by atoms with E-state index < -0.39 is 0 Å². The van der Waals surface area contributed by atoms with Crippen molar-refractivity contribution < 1.29 is 0 Å². The maximum Gasteiger partial charge on any atom is 0.202 e. The molecule has 1 aromatic rings. The van der Waals surface area contributed by atoms with Crippen molar-refractivity contribution in [3.05, 3.63) is 11.9 Å². The molecule has 0 unspecified atom stereocenters. The van der Waals surface area contributed by atoms with Gasteiger partial charge in [-0.15, -0.1) is 11.6 Å². The van der Waals surface area contributed by atoms with E-state index in [4.69, 9.17) is 11.6 Å². The van der Waals surface area contributed by atoms with Crippen LogP contribution in [0.5, 0.6) is 0 Å². The minimum absolute atomic E-state index is 0.515. The molecule has 4 heteroatoms. The molecule has 2 rings (SSSR count). The van der Waals surface area contributed by atoms with Crippen LogP contribution >= 0.6 is 11.6 Å². The van der Waals surface area contributed by atoms with E-state index >= 15 is 0 Å². The maximum absolute atomic E-state index is 5.69. The van der Waals surface area contributed by atoms with E-state index in [1.165, 1.54) is 19.3 Å². The predicted molar refractivity (Wildman–Crippen MR) is 54.2 cm³/mol. The number of H-pyrrole nitrogens is 1. The number of halogens is 1. The SMILES string of the molecule is ClCc1cnc(N2CCCCC2)[nH]1. The van der Waals surface area contributed by atoms with Gasteiger partial charge >= 0.3 is 0 Å². The number of rotatable bonds is 2. The second-order valence-corrected chi connectivity index (χ2v) is 3.68. The molecule has 0 amide bonds. The highest BCUT2D eigenvalue weighted by atomic mass is 35.5. The van der Waals surface area contributed by atoms with Gasteiger partial charge in [0.1, 0.15) is 0 Å². The summed E-state index contributed by atoms with van der Waals surface area (Å²) in [5, 5.41) is 0. The zero-order chi connectivity index (χ0) is 9.10. The molecule has 0 radical (unpaired) electrons. The number of anilines is 1. The Bertz CT molecular complexity index is 266. The molecule has 1 N–H and O–H groups in total. The van der Waals surface area contributed by atoms with Crippen molar-refractivity contribution in [3.8, 4) is 0 Å². The van der Waals surface area contributed by atoms with Gasteiger partial charge in [-0.3, -0.25) is 0 Å². The van der Waals surface area contributed by atoms with Crippen molar-refractivity contribution in [3.63, 3.8) is 0 Å². The molecule has 72 valence electrons. The van der Waals surface area contributed by atoms with Crippen LogP contribution in [0.1, 0.15) is 25.0 Å². The molecular weight excluding hydrogens is 186 g/mol. The Kier molecular flexibility index (Phi) is 2.74. The number of alkyl halides is 1. The molecule has 13 heavy (non-hydrogen) atoms. The first-order valence-electron chi connectivity index (χ1n) is 4.75. The predicted octanol–water partition coefficient (Wildman–Crippen LogP) is 2.14. The van der Waals surface area contributed by atoms with Gasteiger partial charge in [-0.1, -0.05) is 0 Å². The van der Waals surface area contributed by atoms with Crippen molar-refractivity contribution in [2.75, 3.05) is 18.0 Å². The molecule has 0 atom stereocenters. The largest absolute Gasteiger partial charge is 0.342 e. The third-order valence-corrected chi connectivity index (χ3v) is 2.70. The standard InChI is InChI=1S/C9H14ClN3/c10-6-8-7-11-9(12-8)13-4-2-1-3-5-13/h7H,1-6H2,(H,11,12). The topological polar surface area (TPSA) is 31.9 Å². The van der Waals surface area contributed by atoms with Gasteiger partial charge in [0, 0.05) is 13.1 Å². The average molecular weight is 200 g/mol. The first kappa shape index (κ1) is 8.88. The molecule has 1 fully saturated rings. The molecular formula is C9H14ClN3. The summed E-state index contributed by atoms with van der Waals surface area (Å²) in [7, 11) is 0. The van der Waals surface area contributed by atoms with Crippen molar-refractivity contribution in [2.45, 2.75) is 25.1 Å². The number of aromatic amines is 1. The van der Waals surface area contributed by atoms with Crippen molar-refractivity contribution in [1.82, 2.24) is 9.97 Å². The molecule has 1 aromatic heterocycles. The van der Waals surface area contributed by atoms with Crippen LogP contribution in [-0.4, -0.2) is 23.1 Å². The zero-order valence-corrected chi connectivity index (χ0v) is 8.35. The molecule has 2 heterocycles. The van der Waals surface area contributed by atoms with E-state index in [-0.39, 0.29) is 0 Å². The summed E-state index contributed by atoms with van der Waals surface area (Å²) in [5.41, 5.74) is 1.00. The molecule has 0 saturated carbocycles. The number of aromatic nitrogens is 2. The molecule has 0 aliphatic carbocycles. The Hall–Kier alpha value is -0.700. The summed E-state index contributed by atoms with van der Waals surface area (Å²) < 4.78 is 0. The van der Waals surface area contributed by atoms with Crippen LogP contribution in [0.2, 0.25) is 0 Å². The van der Waals surface area contributed by atoms with E-state index in [1.807, 2.05) is 6.20 Å². The Morgan fingerprint density at radius 3 is 2.77 bits per heavy atom. The molecule has 0 aromatic carbocycles. The lowest BCUT2D eigenvalue weighted by atomic mass is 10.1. The molecule has 1 saturated heterocycles. The first-order valence-corrected chi connectivity index (χ1v) is 5.28. The summed E-state index contributed by atoms with van der Waals surface area (Å²) in [4.78, 5) is 9.80. The van der Waals surface area contributed by atoms with Crippen LogP contribution in [0.25, 0.3) is 0 Å². The van der Waals surface area contributed by atoms with E-state index in [1.54, 1.807) is 0 Å². The first-order chi connectivity index (χ1) is 6.40. The van der Waals surface area contributed by atoms with Gasteiger partial charge in [-0.05, 0) is 19.3 Å². The van der Waals surface area contributed by atoms with E-state index in [0.29, 0.717) is 5.88 Å². The minimum Gasteiger partial charge on any atom is -0.342 e. The van der Waals surface area contributed by atoms with Gasteiger partial charge in [0.25, 0.3) is 0 Å². The van der Waals surface area contributed by atoms with Crippen LogP contribution in [-0.2, 0) is 5.88 Å². The zero-order valence-electron chi connectivity index (χ0n) is 7.59. The van der Waals surface area contributed by atoms with Gasteiger partial charge in [0.15, 0.2) is 0 Å². The quantitative estimate of drug-likeness (QED) is 0.741. The summed E-state index contributed by atoms with van der Waals surface area (Å²) in [5.74, 6) is 1.50. The summed E-state index contributed by atoms with van der Waals surface area (Å²) in [6, 6.07) is 0. The normalized spacial score (nSPS) is 17.8. The summed E-state index contributed by atoms with van der Waals surface area (Å²) in [6.45, 7) is 2.24. The second kappa shape index (κ2) is 4.01.